The first-order valence-electron chi connectivity index (χ1n) is 5.98. The fourth-order valence-corrected chi connectivity index (χ4v) is 2.39. The standard InChI is InChI=1S/C13H16BrNO2/c14-12-8-6-11(17-12)7-9-13(16)15-10-4-2-1-3-5-10/h6-10H,1-5H2,(H,15,16). The highest BCUT2D eigenvalue weighted by Crippen LogP contribution is 2.17. The molecule has 3 nitrogen and oxygen atoms in total. The average Bonchev–Trinajstić information content (AvgIpc) is 2.74. The van der Waals surface area contributed by atoms with Crippen molar-refractivity contribution in [2.45, 2.75) is 38.1 Å². The summed E-state index contributed by atoms with van der Waals surface area (Å²) < 4.78 is 5.94. The first-order valence-corrected chi connectivity index (χ1v) is 6.77. The smallest absolute Gasteiger partial charge is 0.244 e. The van der Waals surface area contributed by atoms with Crippen LogP contribution < -0.4 is 5.32 Å². The largest absolute Gasteiger partial charge is 0.450 e. The summed E-state index contributed by atoms with van der Waals surface area (Å²) in [6, 6.07) is 3.97. The molecule has 1 amide bonds. The van der Waals surface area contributed by atoms with E-state index in [0.717, 1.165) is 12.8 Å². The summed E-state index contributed by atoms with van der Waals surface area (Å²) in [6.45, 7) is 0. The van der Waals surface area contributed by atoms with Crippen molar-refractivity contribution in [2.75, 3.05) is 0 Å². The van der Waals surface area contributed by atoms with Crippen molar-refractivity contribution in [1.29, 1.82) is 0 Å². The topological polar surface area (TPSA) is 42.2 Å². The van der Waals surface area contributed by atoms with Gasteiger partial charge in [0.15, 0.2) is 4.67 Å². The third kappa shape index (κ3) is 4.04. The van der Waals surface area contributed by atoms with Gasteiger partial charge in [-0.25, -0.2) is 0 Å². The number of carbonyl (C=O) groups excluding carboxylic acids is 1. The van der Waals surface area contributed by atoms with E-state index in [-0.39, 0.29) is 5.91 Å². The number of furan rings is 1. The fourth-order valence-electron chi connectivity index (χ4n) is 2.07. The molecule has 2 rings (SSSR count). The third-order valence-electron chi connectivity index (χ3n) is 2.94. The lowest BCUT2D eigenvalue weighted by molar-refractivity contribution is -0.117. The molecule has 1 heterocycles. The van der Waals surface area contributed by atoms with Gasteiger partial charge in [0, 0.05) is 12.1 Å². The van der Waals surface area contributed by atoms with E-state index in [0.29, 0.717) is 16.5 Å². The minimum Gasteiger partial charge on any atom is -0.450 e. The second-order valence-corrected chi connectivity index (χ2v) is 5.10. The lowest BCUT2D eigenvalue weighted by Crippen LogP contribution is -2.34. The van der Waals surface area contributed by atoms with Crippen LogP contribution in [0.15, 0.2) is 27.3 Å². The van der Waals surface area contributed by atoms with Gasteiger partial charge in [0.2, 0.25) is 5.91 Å². The SMILES string of the molecule is O=C(C=Cc1ccc(Br)o1)NC1CCCCC1. The molecule has 17 heavy (non-hydrogen) atoms. The van der Waals surface area contributed by atoms with Crippen molar-refractivity contribution < 1.29 is 9.21 Å². The minimum absolute atomic E-state index is 0.0376. The number of nitrogens with one attached hydrogen (secondary N) is 1. The third-order valence-corrected chi connectivity index (χ3v) is 3.37. The Hall–Kier alpha value is -1.03. The van der Waals surface area contributed by atoms with Crippen LogP contribution in [0.4, 0.5) is 0 Å². The second kappa shape index (κ2) is 6.05. The van der Waals surface area contributed by atoms with Gasteiger partial charge in [-0.15, -0.1) is 0 Å². The normalized spacial score (nSPS) is 17.5. The maximum atomic E-state index is 11.6. The van der Waals surface area contributed by atoms with Crippen LogP contribution in [0.1, 0.15) is 37.9 Å². The number of carbonyl (C=O) groups is 1. The molecular formula is C13H16BrNO2. The number of hydrogen-bond donors (Lipinski definition) is 1. The van der Waals surface area contributed by atoms with Crippen molar-refractivity contribution in [3.63, 3.8) is 0 Å². The van der Waals surface area contributed by atoms with E-state index in [2.05, 4.69) is 21.2 Å². The molecule has 1 saturated carbocycles. The number of rotatable bonds is 3. The Labute approximate surface area is 109 Å². The number of hydrogen-bond acceptors (Lipinski definition) is 2. The van der Waals surface area contributed by atoms with Crippen LogP contribution in [0.3, 0.4) is 0 Å². The van der Waals surface area contributed by atoms with Gasteiger partial charge >= 0.3 is 0 Å². The van der Waals surface area contributed by atoms with E-state index in [1.54, 1.807) is 12.1 Å². The molecule has 1 aromatic heterocycles. The van der Waals surface area contributed by atoms with E-state index in [1.165, 1.54) is 25.3 Å². The molecule has 0 bridgehead atoms. The van der Waals surface area contributed by atoms with Crippen molar-refractivity contribution in [3.8, 4) is 0 Å². The zero-order valence-corrected chi connectivity index (χ0v) is 11.2. The monoisotopic (exact) mass is 297 g/mol. The first kappa shape index (κ1) is 12.4. The zero-order valence-electron chi connectivity index (χ0n) is 9.62. The van der Waals surface area contributed by atoms with Gasteiger partial charge < -0.3 is 9.73 Å². The van der Waals surface area contributed by atoms with Crippen molar-refractivity contribution in [2.24, 2.45) is 0 Å². The Morgan fingerprint density at radius 3 is 2.76 bits per heavy atom. The molecular weight excluding hydrogens is 282 g/mol. The zero-order chi connectivity index (χ0) is 12.1. The molecule has 1 aliphatic rings. The predicted octanol–water partition coefficient (Wildman–Crippen LogP) is 3.50. The predicted molar refractivity (Wildman–Crippen MR) is 70.5 cm³/mol. The Balaban J connectivity index is 1.82. The summed E-state index contributed by atoms with van der Waals surface area (Å²) in [7, 11) is 0. The average molecular weight is 298 g/mol. The Bertz CT molecular complexity index is 405. The van der Waals surface area contributed by atoms with Crippen LogP contribution in [-0.2, 0) is 4.79 Å². The minimum atomic E-state index is -0.0376. The van der Waals surface area contributed by atoms with Crippen molar-refractivity contribution in [1.82, 2.24) is 5.32 Å². The highest BCUT2D eigenvalue weighted by Gasteiger charge is 2.14. The number of halogens is 1. The maximum Gasteiger partial charge on any atom is 0.244 e. The molecule has 1 fully saturated rings. The Morgan fingerprint density at radius 2 is 2.12 bits per heavy atom. The van der Waals surface area contributed by atoms with Gasteiger partial charge in [-0.2, -0.15) is 0 Å². The molecule has 0 spiro atoms. The lowest BCUT2D eigenvalue weighted by atomic mass is 9.95. The molecule has 0 aromatic carbocycles. The number of amides is 1. The van der Waals surface area contributed by atoms with E-state index in [1.807, 2.05) is 6.07 Å². The van der Waals surface area contributed by atoms with Crippen LogP contribution in [-0.4, -0.2) is 11.9 Å². The Kier molecular flexibility index (Phi) is 4.42. The van der Waals surface area contributed by atoms with Crippen LogP contribution in [0.5, 0.6) is 0 Å². The van der Waals surface area contributed by atoms with Gasteiger partial charge in [0.1, 0.15) is 5.76 Å². The second-order valence-electron chi connectivity index (χ2n) is 4.32. The summed E-state index contributed by atoms with van der Waals surface area (Å²) >= 11 is 3.22. The maximum absolute atomic E-state index is 11.6. The van der Waals surface area contributed by atoms with E-state index < -0.39 is 0 Å². The molecule has 0 radical (unpaired) electrons. The van der Waals surface area contributed by atoms with Gasteiger partial charge in [0.25, 0.3) is 0 Å². The van der Waals surface area contributed by atoms with Crippen LogP contribution in [0.25, 0.3) is 6.08 Å². The fraction of sp³-hybridized carbons (Fsp3) is 0.462. The summed E-state index contributed by atoms with van der Waals surface area (Å²) in [5.74, 6) is 0.639. The summed E-state index contributed by atoms with van der Waals surface area (Å²) in [5.41, 5.74) is 0. The summed E-state index contributed by atoms with van der Waals surface area (Å²) in [4.78, 5) is 11.6. The van der Waals surface area contributed by atoms with Gasteiger partial charge in [-0.3, -0.25) is 4.79 Å². The van der Waals surface area contributed by atoms with Crippen molar-refractivity contribution in [3.05, 3.63) is 28.6 Å². The first-order chi connectivity index (χ1) is 8.24. The van der Waals surface area contributed by atoms with Gasteiger partial charge in [0.05, 0.1) is 0 Å². The van der Waals surface area contributed by atoms with E-state index >= 15 is 0 Å². The molecule has 0 atom stereocenters. The highest BCUT2D eigenvalue weighted by molar-refractivity contribution is 9.10. The molecule has 4 heteroatoms. The molecule has 1 aliphatic carbocycles. The lowest BCUT2D eigenvalue weighted by Gasteiger charge is -2.21. The van der Waals surface area contributed by atoms with Crippen LogP contribution in [0.2, 0.25) is 0 Å². The van der Waals surface area contributed by atoms with Gasteiger partial charge in [-0.05, 0) is 47.0 Å². The summed E-state index contributed by atoms with van der Waals surface area (Å²) in [5, 5.41) is 3.02. The quantitative estimate of drug-likeness (QED) is 0.868. The molecule has 1 aromatic rings. The van der Waals surface area contributed by atoms with Gasteiger partial charge in [-0.1, -0.05) is 19.3 Å². The summed E-state index contributed by atoms with van der Waals surface area (Å²) in [6.07, 6.45) is 9.16. The highest BCUT2D eigenvalue weighted by atomic mass is 79.9. The van der Waals surface area contributed by atoms with Crippen LogP contribution in [0, 0.1) is 0 Å². The molecule has 1 N–H and O–H groups in total. The van der Waals surface area contributed by atoms with E-state index in [9.17, 15) is 4.79 Å². The Morgan fingerprint density at radius 1 is 1.35 bits per heavy atom. The van der Waals surface area contributed by atoms with Crippen molar-refractivity contribution >= 4 is 27.9 Å². The molecule has 0 unspecified atom stereocenters. The van der Waals surface area contributed by atoms with E-state index in [4.69, 9.17) is 4.42 Å². The molecule has 0 saturated heterocycles. The molecule has 0 aliphatic heterocycles. The van der Waals surface area contributed by atoms with Crippen LogP contribution >= 0.6 is 15.9 Å². The molecule has 92 valence electrons.